The zero-order valence-electron chi connectivity index (χ0n) is 18.9. The number of hydrogen-bond acceptors (Lipinski definition) is 3. The highest BCUT2D eigenvalue weighted by atomic mass is 35.5. The van der Waals surface area contributed by atoms with E-state index in [0.29, 0.717) is 22.1 Å². The number of amides is 1. The first-order valence-electron chi connectivity index (χ1n) is 11.6. The van der Waals surface area contributed by atoms with Crippen LogP contribution in [0.15, 0.2) is 66.4 Å². The monoisotopic (exact) mass is 495 g/mol. The van der Waals surface area contributed by atoms with Crippen LogP contribution in [0.4, 0.5) is 5.69 Å². The average Bonchev–Trinajstić information content (AvgIpc) is 3.34. The molecule has 5 rings (SSSR count). The summed E-state index contributed by atoms with van der Waals surface area (Å²) in [5, 5.41) is 5.19. The molecule has 0 spiro atoms. The minimum Gasteiger partial charge on any atom is -0.491 e. The van der Waals surface area contributed by atoms with E-state index in [-0.39, 0.29) is 17.7 Å². The SMILES string of the molecule is CO/C(=C\C=C\c1cc2cc(Cl)c(Cl)cc2[nH]1)C(=O)NC1CC2CCC(C1)N2c1ccccc1. The second kappa shape index (κ2) is 9.77. The van der Waals surface area contributed by atoms with Crippen molar-refractivity contribution in [2.75, 3.05) is 12.0 Å². The number of carbonyl (C=O) groups excluding carboxylic acids is 1. The number of H-pyrrole nitrogens is 1. The third kappa shape index (κ3) is 4.68. The second-order valence-electron chi connectivity index (χ2n) is 8.94. The Balaban J connectivity index is 1.23. The van der Waals surface area contributed by atoms with Crippen LogP contribution in [0, 0.1) is 0 Å². The summed E-state index contributed by atoms with van der Waals surface area (Å²) in [5.74, 6) is 0.108. The van der Waals surface area contributed by atoms with Gasteiger partial charge in [0.05, 0.1) is 17.2 Å². The summed E-state index contributed by atoms with van der Waals surface area (Å²) >= 11 is 12.2. The third-order valence-electron chi connectivity index (χ3n) is 6.77. The number of benzene rings is 2. The molecular formula is C27H27Cl2N3O2. The molecule has 0 saturated carbocycles. The summed E-state index contributed by atoms with van der Waals surface area (Å²) in [7, 11) is 1.52. The molecule has 2 aliphatic rings. The maximum Gasteiger partial charge on any atom is 0.286 e. The van der Waals surface area contributed by atoms with E-state index in [1.165, 1.54) is 25.6 Å². The molecule has 1 amide bonds. The summed E-state index contributed by atoms with van der Waals surface area (Å²) in [5.41, 5.74) is 3.06. The first-order chi connectivity index (χ1) is 16.5. The molecule has 2 aliphatic heterocycles. The molecule has 34 heavy (non-hydrogen) atoms. The van der Waals surface area contributed by atoms with Crippen molar-refractivity contribution < 1.29 is 9.53 Å². The van der Waals surface area contributed by atoms with Crippen molar-refractivity contribution in [1.29, 1.82) is 0 Å². The summed E-state index contributed by atoms with van der Waals surface area (Å²) in [6, 6.07) is 17.3. The number of rotatable bonds is 6. The predicted molar refractivity (Wildman–Crippen MR) is 139 cm³/mol. The lowest BCUT2D eigenvalue weighted by atomic mass is 9.96. The van der Waals surface area contributed by atoms with Crippen LogP contribution in [0.25, 0.3) is 17.0 Å². The minimum absolute atomic E-state index is 0.149. The molecule has 1 aromatic heterocycles. The first kappa shape index (κ1) is 22.9. The molecule has 2 unspecified atom stereocenters. The van der Waals surface area contributed by atoms with Gasteiger partial charge in [0.25, 0.3) is 5.91 Å². The lowest BCUT2D eigenvalue weighted by molar-refractivity contribution is -0.121. The molecule has 2 saturated heterocycles. The largest absolute Gasteiger partial charge is 0.491 e. The number of ether oxygens (including phenoxy) is 1. The van der Waals surface area contributed by atoms with E-state index >= 15 is 0 Å². The molecule has 2 bridgehead atoms. The van der Waals surface area contributed by atoms with E-state index in [4.69, 9.17) is 27.9 Å². The van der Waals surface area contributed by atoms with Gasteiger partial charge in [0.2, 0.25) is 0 Å². The number of fused-ring (bicyclic) bond motifs is 3. The van der Waals surface area contributed by atoms with Crippen molar-refractivity contribution in [1.82, 2.24) is 10.3 Å². The van der Waals surface area contributed by atoms with Crippen molar-refractivity contribution in [3.63, 3.8) is 0 Å². The van der Waals surface area contributed by atoms with Gasteiger partial charge in [-0.2, -0.15) is 0 Å². The molecule has 2 N–H and O–H groups in total. The number of allylic oxidation sites excluding steroid dienone is 2. The normalized spacial score (nSPS) is 22.5. The zero-order valence-corrected chi connectivity index (χ0v) is 20.4. The summed E-state index contributed by atoms with van der Waals surface area (Å²) < 4.78 is 5.38. The fourth-order valence-electron chi connectivity index (χ4n) is 5.29. The standard InChI is InChI=1S/C27H27Cl2N3O2/c1-34-26(9-5-6-18-12-17-13-23(28)24(29)16-25(17)30-18)27(33)31-19-14-21-10-11-22(15-19)32(21)20-7-3-2-4-8-20/h2-9,12-13,16,19,21-22,30H,10-11,14-15H2,1H3,(H,31,33)/b6-5+,26-9-. The molecule has 2 fully saturated rings. The topological polar surface area (TPSA) is 57.4 Å². The number of aromatic nitrogens is 1. The van der Waals surface area contributed by atoms with Crippen molar-refractivity contribution in [2.45, 2.75) is 43.8 Å². The molecule has 176 valence electrons. The van der Waals surface area contributed by atoms with Crippen molar-refractivity contribution in [3.05, 3.63) is 82.2 Å². The summed E-state index contributed by atoms with van der Waals surface area (Å²) in [6.07, 6.45) is 9.61. The predicted octanol–water partition coefficient (Wildman–Crippen LogP) is 6.33. The van der Waals surface area contributed by atoms with Crippen molar-refractivity contribution in [2.24, 2.45) is 0 Å². The van der Waals surface area contributed by atoms with Gasteiger partial charge in [-0.3, -0.25) is 4.79 Å². The van der Waals surface area contributed by atoms with Crippen LogP contribution in [0.3, 0.4) is 0 Å². The van der Waals surface area contributed by atoms with Gasteiger partial charge in [0.1, 0.15) is 0 Å². The van der Waals surface area contributed by atoms with Crippen LogP contribution in [0.5, 0.6) is 0 Å². The van der Waals surface area contributed by atoms with Gasteiger partial charge >= 0.3 is 0 Å². The van der Waals surface area contributed by atoms with Gasteiger partial charge in [-0.05, 0) is 68.2 Å². The highest BCUT2D eigenvalue weighted by Gasteiger charge is 2.41. The number of hydrogen-bond donors (Lipinski definition) is 2. The van der Waals surface area contributed by atoms with E-state index in [9.17, 15) is 4.79 Å². The molecular weight excluding hydrogens is 469 g/mol. The fourth-order valence-corrected chi connectivity index (χ4v) is 5.62. The number of carbonyl (C=O) groups is 1. The Bertz CT molecular complexity index is 1200. The Kier molecular flexibility index (Phi) is 6.57. The third-order valence-corrected chi connectivity index (χ3v) is 7.49. The maximum atomic E-state index is 12.9. The summed E-state index contributed by atoms with van der Waals surface area (Å²) in [6.45, 7) is 0. The lowest BCUT2D eigenvalue weighted by Gasteiger charge is -2.40. The molecule has 2 atom stereocenters. The van der Waals surface area contributed by atoms with Crippen LogP contribution >= 0.6 is 23.2 Å². The number of piperidine rings is 1. The highest BCUT2D eigenvalue weighted by molar-refractivity contribution is 6.42. The number of aromatic amines is 1. The molecule has 3 aromatic rings. The first-order valence-corrected chi connectivity index (χ1v) is 12.3. The number of nitrogens with zero attached hydrogens (tertiary/aromatic N) is 1. The van der Waals surface area contributed by atoms with E-state index < -0.39 is 0 Å². The van der Waals surface area contributed by atoms with Gasteiger partial charge in [-0.15, -0.1) is 0 Å². The molecule has 5 nitrogen and oxygen atoms in total. The van der Waals surface area contributed by atoms with Crippen LogP contribution in [0.1, 0.15) is 31.4 Å². The van der Waals surface area contributed by atoms with Gasteiger partial charge < -0.3 is 19.9 Å². The maximum absolute atomic E-state index is 12.9. The van der Waals surface area contributed by atoms with Crippen molar-refractivity contribution >= 4 is 51.8 Å². The lowest BCUT2D eigenvalue weighted by Crippen LogP contribution is -2.50. The molecule has 0 radical (unpaired) electrons. The Hall–Kier alpha value is -2.89. The van der Waals surface area contributed by atoms with E-state index in [2.05, 4.69) is 45.5 Å². The number of halogens is 2. The van der Waals surface area contributed by atoms with Crippen LogP contribution in [0.2, 0.25) is 10.0 Å². The molecule has 7 heteroatoms. The van der Waals surface area contributed by atoms with Gasteiger partial charge in [0, 0.05) is 40.4 Å². The quantitative estimate of drug-likeness (QED) is 0.238. The van der Waals surface area contributed by atoms with E-state index in [1.807, 2.05) is 18.2 Å². The molecule has 2 aromatic carbocycles. The van der Waals surface area contributed by atoms with Gasteiger partial charge in [-0.1, -0.05) is 47.5 Å². The number of para-hydroxylation sites is 1. The van der Waals surface area contributed by atoms with Gasteiger partial charge in [-0.25, -0.2) is 0 Å². The Labute approximate surface area is 209 Å². The van der Waals surface area contributed by atoms with Crippen molar-refractivity contribution in [3.8, 4) is 0 Å². The van der Waals surface area contributed by atoms with E-state index in [1.54, 1.807) is 18.2 Å². The average molecular weight is 496 g/mol. The van der Waals surface area contributed by atoms with Crippen LogP contribution < -0.4 is 10.2 Å². The second-order valence-corrected chi connectivity index (χ2v) is 9.76. The Morgan fingerprint density at radius 1 is 1.09 bits per heavy atom. The number of methoxy groups -OCH3 is 1. The van der Waals surface area contributed by atoms with E-state index in [0.717, 1.165) is 29.4 Å². The Morgan fingerprint density at radius 2 is 1.79 bits per heavy atom. The fraction of sp³-hybridized carbons (Fsp3) is 0.296. The summed E-state index contributed by atoms with van der Waals surface area (Å²) in [4.78, 5) is 18.7. The van der Waals surface area contributed by atoms with Gasteiger partial charge in [0.15, 0.2) is 5.76 Å². The van der Waals surface area contributed by atoms with Crippen LogP contribution in [-0.4, -0.2) is 36.1 Å². The number of anilines is 1. The Morgan fingerprint density at radius 3 is 2.50 bits per heavy atom. The van der Waals surface area contributed by atoms with Crippen LogP contribution in [-0.2, 0) is 9.53 Å². The minimum atomic E-state index is -0.181. The number of nitrogens with one attached hydrogen (secondary N) is 2. The highest BCUT2D eigenvalue weighted by Crippen LogP contribution is 2.39. The molecule has 3 heterocycles. The smallest absolute Gasteiger partial charge is 0.286 e. The molecule has 0 aliphatic carbocycles. The zero-order chi connectivity index (χ0) is 23.7.